The zero-order valence-corrected chi connectivity index (χ0v) is 10.8. The number of carbonyl (C=O) groups is 1. The third kappa shape index (κ3) is 1.98. The molecule has 1 unspecified atom stereocenters. The molecule has 5 heteroatoms. The molecule has 0 radical (unpaired) electrons. The Morgan fingerprint density at radius 3 is 2.89 bits per heavy atom. The highest BCUT2D eigenvalue weighted by atomic mass is 16.2. The number of anilines is 1. The Bertz CT molecular complexity index is 464. The van der Waals surface area contributed by atoms with E-state index in [1.54, 1.807) is 0 Å². The van der Waals surface area contributed by atoms with Crippen LogP contribution in [0.5, 0.6) is 0 Å². The zero-order valence-electron chi connectivity index (χ0n) is 10.8. The van der Waals surface area contributed by atoms with Crippen LogP contribution in [-0.4, -0.2) is 34.1 Å². The van der Waals surface area contributed by atoms with Gasteiger partial charge in [0.15, 0.2) is 5.69 Å². The van der Waals surface area contributed by atoms with Crippen LogP contribution in [0.2, 0.25) is 0 Å². The molecule has 18 heavy (non-hydrogen) atoms. The topological polar surface area (TPSA) is 75.0 Å². The van der Waals surface area contributed by atoms with Crippen LogP contribution in [0.3, 0.4) is 0 Å². The Morgan fingerprint density at radius 1 is 1.44 bits per heavy atom. The minimum atomic E-state index is -0.0119. The van der Waals surface area contributed by atoms with E-state index in [0.717, 1.165) is 38.0 Å². The summed E-state index contributed by atoms with van der Waals surface area (Å²) >= 11 is 0. The molecule has 5 nitrogen and oxygen atoms in total. The molecule has 98 valence electrons. The summed E-state index contributed by atoms with van der Waals surface area (Å²) in [6, 6.07) is 0. The van der Waals surface area contributed by atoms with Crippen molar-refractivity contribution in [2.45, 2.75) is 38.5 Å². The lowest BCUT2D eigenvalue weighted by atomic mass is 10.00. The van der Waals surface area contributed by atoms with Gasteiger partial charge >= 0.3 is 0 Å². The number of nitrogen functional groups attached to an aromatic ring is 1. The number of hydrogen-bond donors (Lipinski definition) is 2. The van der Waals surface area contributed by atoms with Gasteiger partial charge in [0.2, 0.25) is 0 Å². The number of amides is 1. The van der Waals surface area contributed by atoms with E-state index in [1.165, 1.54) is 6.42 Å². The van der Waals surface area contributed by atoms with Crippen molar-refractivity contribution in [2.24, 2.45) is 5.92 Å². The van der Waals surface area contributed by atoms with E-state index < -0.39 is 0 Å². The number of aromatic nitrogens is 2. The summed E-state index contributed by atoms with van der Waals surface area (Å²) in [5.74, 6) is 1.06. The summed E-state index contributed by atoms with van der Waals surface area (Å²) < 4.78 is 0. The van der Waals surface area contributed by atoms with Crippen LogP contribution in [0.4, 0.5) is 5.69 Å². The van der Waals surface area contributed by atoms with Crippen molar-refractivity contribution >= 4 is 11.6 Å². The second-order valence-electron chi connectivity index (χ2n) is 5.67. The first-order valence-corrected chi connectivity index (χ1v) is 6.80. The van der Waals surface area contributed by atoms with Crippen molar-refractivity contribution < 1.29 is 4.79 Å². The molecule has 1 aliphatic heterocycles. The van der Waals surface area contributed by atoms with Crippen LogP contribution in [0.25, 0.3) is 0 Å². The van der Waals surface area contributed by atoms with Crippen molar-refractivity contribution in [1.29, 1.82) is 0 Å². The summed E-state index contributed by atoms with van der Waals surface area (Å²) in [5, 5.41) is 7.08. The Kier molecular flexibility index (Phi) is 2.76. The Hall–Kier alpha value is -1.52. The molecule has 3 rings (SSSR count). The fraction of sp³-hybridized carbons (Fsp3) is 0.692. The van der Waals surface area contributed by atoms with E-state index in [4.69, 9.17) is 5.73 Å². The van der Waals surface area contributed by atoms with E-state index in [-0.39, 0.29) is 5.91 Å². The number of nitrogens with two attached hydrogens (primary N) is 1. The van der Waals surface area contributed by atoms with E-state index in [0.29, 0.717) is 23.2 Å². The lowest BCUT2D eigenvalue weighted by Crippen LogP contribution is -2.39. The summed E-state index contributed by atoms with van der Waals surface area (Å²) in [6.45, 7) is 3.83. The van der Waals surface area contributed by atoms with Gasteiger partial charge in [-0.1, -0.05) is 6.92 Å². The van der Waals surface area contributed by atoms with Gasteiger partial charge < -0.3 is 10.6 Å². The van der Waals surface area contributed by atoms with E-state index in [1.807, 2.05) is 4.90 Å². The lowest BCUT2D eigenvalue weighted by molar-refractivity contribution is 0.0678. The SMILES string of the molecule is CC1CCCN(C(=O)c2n[nH]c(C3CC3)c2N)C1. The monoisotopic (exact) mass is 248 g/mol. The standard InChI is InChI=1S/C13H20N4O/c1-8-3-2-6-17(7-8)13(18)12-10(14)11(15-16-12)9-4-5-9/h8-9H,2-7,14H2,1H3,(H,15,16). The zero-order chi connectivity index (χ0) is 12.7. The summed E-state index contributed by atoms with van der Waals surface area (Å²) in [6.07, 6.45) is 4.58. The average molecular weight is 248 g/mol. The van der Waals surface area contributed by atoms with Gasteiger partial charge in [0, 0.05) is 19.0 Å². The van der Waals surface area contributed by atoms with E-state index in [2.05, 4.69) is 17.1 Å². The molecule has 1 saturated heterocycles. The highest BCUT2D eigenvalue weighted by molar-refractivity contribution is 5.97. The molecule has 2 fully saturated rings. The number of H-pyrrole nitrogens is 1. The molecule has 3 N–H and O–H groups in total. The molecule has 0 bridgehead atoms. The maximum atomic E-state index is 12.4. The van der Waals surface area contributed by atoms with Crippen LogP contribution in [0, 0.1) is 5.92 Å². The highest BCUT2D eigenvalue weighted by Gasteiger charge is 2.32. The predicted molar refractivity (Wildman–Crippen MR) is 69.3 cm³/mol. The number of aromatic amines is 1. The maximum absolute atomic E-state index is 12.4. The van der Waals surface area contributed by atoms with Crippen molar-refractivity contribution in [1.82, 2.24) is 15.1 Å². The third-order valence-electron chi connectivity index (χ3n) is 3.97. The van der Waals surface area contributed by atoms with Gasteiger partial charge in [-0.2, -0.15) is 5.10 Å². The molecule has 1 aliphatic carbocycles. The predicted octanol–water partition coefficient (Wildman–Crippen LogP) is 1.74. The van der Waals surface area contributed by atoms with Gasteiger partial charge in [-0.15, -0.1) is 0 Å². The normalized spacial score (nSPS) is 24.3. The van der Waals surface area contributed by atoms with Gasteiger partial charge in [-0.05, 0) is 31.6 Å². The van der Waals surface area contributed by atoms with Gasteiger partial charge in [0.1, 0.15) is 0 Å². The van der Waals surface area contributed by atoms with E-state index in [9.17, 15) is 4.79 Å². The van der Waals surface area contributed by atoms with Crippen LogP contribution >= 0.6 is 0 Å². The van der Waals surface area contributed by atoms with Gasteiger partial charge in [-0.25, -0.2) is 0 Å². The minimum Gasteiger partial charge on any atom is -0.395 e. The van der Waals surface area contributed by atoms with Gasteiger partial charge in [0.25, 0.3) is 5.91 Å². The number of nitrogens with zero attached hydrogens (tertiary/aromatic N) is 2. The first kappa shape index (κ1) is 11.6. The van der Waals surface area contributed by atoms with Crippen LogP contribution < -0.4 is 5.73 Å². The molecule has 0 spiro atoms. The fourth-order valence-electron chi connectivity index (χ4n) is 2.73. The van der Waals surface area contributed by atoms with Crippen molar-refractivity contribution in [3.05, 3.63) is 11.4 Å². The number of hydrogen-bond acceptors (Lipinski definition) is 3. The smallest absolute Gasteiger partial charge is 0.276 e. The molecule has 2 heterocycles. The largest absolute Gasteiger partial charge is 0.395 e. The molecule has 2 aliphatic rings. The Morgan fingerprint density at radius 2 is 2.22 bits per heavy atom. The third-order valence-corrected chi connectivity index (χ3v) is 3.97. The van der Waals surface area contributed by atoms with Crippen molar-refractivity contribution in [3.8, 4) is 0 Å². The van der Waals surface area contributed by atoms with Crippen LogP contribution in [0.1, 0.15) is 54.7 Å². The molecular weight excluding hydrogens is 228 g/mol. The molecule has 1 aromatic heterocycles. The molecular formula is C13H20N4O. The molecule has 1 atom stereocenters. The van der Waals surface area contributed by atoms with Crippen molar-refractivity contribution in [3.63, 3.8) is 0 Å². The number of carbonyl (C=O) groups excluding carboxylic acids is 1. The van der Waals surface area contributed by atoms with Crippen molar-refractivity contribution in [2.75, 3.05) is 18.8 Å². The maximum Gasteiger partial charge on any atom is 0.276 e. The fourth-order valence-corrected chi connectivity index (χ4v) is 2.73. The van der Waals surface area contributed by atoms with Gasteiger partial charge in [-0.3, -0.25) is 9.89 Å². The second kappa shape index (κ2) is 4.30. The minimum absolute atomic E-state index is 0.0119. The molecule has 1 saturated carbocycles. The first-order chi connectivity index (χ1) is 8.66. The second-order valence-corrected chi connectivity index (χ2v) is 5.67. The quantitative estimate of drug-likeness (QED) is 0.837. The summed E-state index contributed by atoms with van der Waals surface area (Å²) in [5.41, 5.74) is 8.00. The van der Waals surface area contributed by atoms with Crippen LogP contribution in [-0.2, 0) is 0 Å². The summed E-state index contributed by atoms with van der Waals surface area (Å²) in [7, 11) is 0. The number of piperidine rings is 1. The lowest BCUT2D eigenvalue weighted by Gasteiger charge is -2.30. The Balaban J connectivity index is 1.79. The Labute approximate surface area is 107 Å². The van der Waals surface area contributed by atoms with Gasteiger partial charge in [0.05, 0.1) is 11.4 Å². The van der Waals surface area contributed by atoms with E-state index >= 15 is 0 Å². The number of nitrogens with one attached hydrogen (secondary N) is 1. The number of likely N-dealkylation sites (tertiary alicyclic amines) is 1. The molecule has 1 amide bonds. The summed E-state index contributed by atoms with van der Waals surface area (Å²) in [4.78, 5) is 14.3. The first-order valence-electron chi connectivity index (χ1n) is 6.80. The highest BCUT2D eigenvalue weighted by Crippen LogP contribution is 2.42. The average Bonchev–Trinajstić information content (AvgIpc) is 3.12. The molecule has 0 aromatic carbocycles. The van der Waals surface area contributed by atoms with Crippen LogP contribution in [0.15, 0.2) is 0 Å². The number of rotatable bonds is 2. The molecule has 1 aromatic rings.